The largest absolute Gasteiger partial charge is 0.478 e. The molecule has 0 spiro atoms. The molecule has 104 valence electrons. The van der Waals surface area contributed by atoms with Gasteiger partial charge >= 0.3 is 12.1 Å². The third-order valence-electron chi connectivity index (χ3n) is 2.75. The van der Waals surface area contributed by atoms with Crippen molar-refractivity contribution in [1.82, 2.24) is 0 Å². The van der Waals surface area contributed by atoms with Gasteiger partial charge in [-0.2, -0.15) is 13.2 Å². The third kappa shape index (κ3) is 2.63. The van der Waals surface area contributed by atoms with Crippen LogP contribution in [0.5, 0.6) is 0 Å². The van der Waals surface area contributed by atoms with E-state index in [9.17, 15) is 18.0 Å². The summed E-state index contributed by atoms with van der Waals surface area (Å²) >= 11 is 5.90. The minimum atomic E-state index is -4.59. The van der Waals surface area contributed by atoms with Crippen molar-refractivity contribution in [2.45, 2.75) is 6.18 Å². The average Bonchev–Trinajstić information content (AvgIpc) is 2.37. The summed E-state index contributed by atoms with van der Waals surface area (Å²) in [5.74, 6) is -1.33. The van der Waals surface area contributed by atoms with E-state index in [1.54, 1.807) is 0 Å². The van der Waals surface area contributed by atoms with Crippen LogP contribution >= 0.6 is 11.6 Å². The number of benzene rings is 2. The van der Waals surface area contributed by atoms with Crippen molar-refractivity contribution >= 4 is 17.6 Å². The van der Waals surface area contributed by atoms with E-state index < -0.39 is 17.7 Å². The molecule has 0 unspecified atom stereocenters. The molecule has 0 aromatic heterocycles. The molecular weight excluding hydrogens is 293 g/mol. The highest BCUT2D eigenvalue weighted by atomic mass is 35.5. The summed E-state index contributed by atoms with van der Waals surface area (Å²) in [4.78, 5) is 11.2. The number of carbonyl (C=O) groups is 1. The van der Waals surface area contributed by atoms with Crippen molar-refractivity contribution in [1.29, 1.82) is 0 Å². The fraction of sp³-hybridized carbons (Fsp3) is 0.0714. The lowest BCUT2D eigenvalue weighted by Crippen LogP contribution is -2.09. The van der Waals surface area contributed by atoms with Gasteiger partial charge in [0, 0.05) is 10.6 Å². The SMILES string of the molecule is O=C(O)c1cccc(Cl)c1-c1ccccc1C(F)(F)F. The Morgan fingerprint density at radius 2 is 1.70 bits per heavy atom. The molecule has 0 radical (unpaired) electrons. The molecule has 0 fully saturated rings. The van der Waals surface area contributed by atoms with Crippen LogP contribution in [-0.2, 0) is 6.18 Å². The van der Waals surface area contributed by atoms with Crippen molar-refractivity contribution in [3.63, 3.8) is 0 Å². The Kier molecular flexibility index (Phi) is 3.72. The Morgan fingerprint density at radius 3 is 2.30 bits per heavy atom. The Labute approximate surface area is 117 Å². The second-order valence-electron chi connectivity index (χ2n) is 4.01. The molecule has 1 N–H and O–H groups in total. The summed E-state index contributed by atoms with van der Waals surface area (Å²) in [6.07, 6.45) is -4.59. The van der Waals surface area contributed by atoms with Gasteiger partial charge in [-0.15, -0.1) is 0 Å². The lowest BCUT2D eigenvalue weighted by atomic mass is 9.95. The summed E-state index contributed by atoms with van der Waals surface area (Å²) in [6, 6.07) is 8.70. The summed E-state index contributed by atoms with van der Waals surface area (Å²) in [7, 11) is 0. The van der Waals surface area contributed by atoms with E-state index in [0.717, 1.165) is 6.07 Å². The van der Waals surface area contributed by atoms with E-state index in [1.807, 2.05) is 0 Å². The predicted octanol–water partition coefficient (Wildman–Crippen LogP) is 4.72. The maximum Gasteiger partial charge on any atom is 0.417 e. The first-order valence-corrected chi connectivity index (χ1v) is 5.88. The van der Waals surface area contributed by atoms with Gasteiger partial charge in [-0.3, -0.25) is 0 Å². The number of hydrogen-bond acceptors (Lipinski definition) is 1. The fourth-order valence-corrected chi connectivity index (χ4v) is 2.20. The van der Waals surface area contributed by atoms with Gasteiger partial charge < -0.3 is 5.11 Å². The van der Waals surface area contributed by atoms with Crippen LogP contribution in [0.4, 0.5) is 13.2 Å². The van der Waals surface area contributed by atoms with Crippen LogP contribution in [0.3, 0.4) is 0 Å². The molecule has 2 aromatic rings. The molecule has 20 heavy (non-hydrogen) atoms. The lowest BCUT2D eigenvalue weighted by Gasteiger charge is -2.15. The average molecular weight is 301 g/mol. The molecule has 0 heterocycles. The Bertz CT molecular complexity index is 666. The second-order valence-corrected chi connectivity index (χ2v) is 4.42. The summed E-state index contributed by atoms with van der Waals surface area (Å²) in [5.41, 5.74) is -1.57. The number of hydrogen-bond donors (Lipinski definition) is 1. The topological polar surface area (TPSA) is 37.3 Å². The third-order valence-corrected chi connectivity index (χ3v) is 3.06. The minimum Gasteiger partial charge on any atom is -0.478 e. The monoisotopic (exact) mass is 300 g/mol. The van der Waals surface area contributed by atoms with Gasteiger partial charge in [0.05, 0.1) is 11.1 Å². The highest BCUT2D eigenvalue weighted by molar-refractivity contribution is 6.34. The highest BCUT2D eigenvalue weighted by Crippen LogP contribution is 2.40. The van der Waals surface area contributed by atoms with Gasteiger partial charge in [0.1, 0.15) is 0 Å². The quantitative estimate of drug-likeness (QED) is 0.871. The first kappa shape index (κ1) is 14.4. The number of carboxylic acid groups (broad SMARTS) is 1. The van der Waals surface area contributed by atoms with Crippen LogP contribution in [0.15, 0.2) is 42.5 Å². The molecular formula is C14H8ClF3O2. The minimum absolute atomic E-state index is 0.0402. The molecule has 0 aliphatic rings. The number of rotatable bonds is 2. The van der Waals surface area contributed by atoms with E-state index in [2.05, 4.69) is 0 Å². The van der Waals surface area contributed by atoms with Gasteiger partial charge in [0.25, 0.3) is 0 Å². The van der Waals surface area contributed by atoms with Crippen molar-refractivity contribution in [3.8, 4) is 11.1 Å². The van der Waals surface area contributed by atoms with Crippen LogP contribution in [-0.4, -0.2) is 11.1 Å². The normalized spacial score (nSPS) is 11.4. The molecule has 0 bridgehead atoms. The zero-order valence-electron chi connectivity index (χ0n) is 9.91. The van der Waals surface area contributed by atoms with Crippen molar-refractivity contribution < 1.29 is 23.1 Å². The maximum atomic E-state index is 13.0. The van der Waals surface area contributed by atoms with Crippen LogP contribution in [0.25, 0.3) is 11.1 Å². The molecule has 2 aromatic carbocycles. The summed E-state index contributed by atoms with van der Waals surface area (Å²) in [5, 5.41) is 9.07. The Hall–Kier alpha value is -2.01. The van der Waals surface area contributed by atoms with Crippen molar-refractivity contribution in [2.75, 3.05) is 0 Å². The number of halogens is 4. The molecule has 6 heteroatoms. The standard InChI is InChI=1S/C14H8ClF3O2/c15-11-7-3-5-9(13(19)20)12(11)8-4-1-2-6-10(8)14(16,17)18/h1-7H,(H,19,20). The molecule has 0 atom stereocenters. The second kappa shape index (κ2) is 5.17. The summed E-state index contributed by atoms with van der Waals surface area (Å²) in [6.45, 7) is 0. The summed E-state index contributed by atoms with van der Waals surface area (Å²) < 4.78 is 39.0. The van der Waals surface area contributed by atoms with E-state index in [-0.39, 0.29) is 21.7 Å². The van der Waals surface area contributed by atoms with Crippen LogP contribution in [0.1, 0.15) is 15.9 Å². The van der Waals surface area contributed by atoms with Crippen molar-refractivity contribution in [2.24, 2.45) is 0 Å². The van der Waals surface area contributed by atoms with Gasteiger partial charge in [0.15, 0.2) is 0 Å². The maximum absolute atomic E-state index is 13.0. The highest BCUT2D eigenvalue weighted by Gasteiger charge is 2.34. The number of alkyl halides is 3. The first-order chi connectivity index (χ1) is 9.32. The van der Waals surface area contributed by atoms with Crippen LogP contribution in [0, 0.1) is 0 Å². The molecule has 0 saturated heterocycles. The van der Waals surface area contributed by atoms with E-state index in [0.29, 0.717) is 0 Å². The molecule has 0 aliphatic heterocycles. The van der Waals surface area contributed by atoms with E-state index in [4.69, 9.17) is 16.7 Å². The smallest absolute Gasteiger partial charge is 0.417 e. The Morgan fingerprint density at radius 1 is 1.05 bits per heavy atom. The number of carboxylic acids is 1. The zero-order valence-corrected chi connectivity index (χ0v) is 10.7. The first-order valence-electron chi connectivity index (χ1n) is 5.51. The van der Waals surface area contributed by atoms with Crippen molar-refractivity contribution in [3.05, 3.63) is 58.6 Å². The van der Waals surface area contributed by atoms with Gasteiger partial charge in [-0.05, 0) is 23.8 Å². The van der Waals surface area contributed by atoms with Crippen LogP contribution < -0.4 is 0 Å². The molecule has 0 amide bonds. The predicted molar refractivity (Wildman–Crippen MR) is 68.8 cm³/mol. The fourth-order valence-electron chi connectivity index (χ4n) is 1.92. The Balaban J connectivity index is 2.79. The van der Waals surface area contributed by atoms with Gasteiger partial charge in [-0.1, -0.05) is 35.9 Å². The number of aromatic carboxylic acids is 1. The molecule has 0 saturated carbocycles. The van der Waals surface area contributed by atoms with E-state index in [1.165, 1.54) is 36.4 Å². The van der Waals surface area contributed by atoms with Gasteiger partial charge in [-0.25, -0.2) is 4.79 Å². The zero-order chi connectivity index (χ0) is 14.9. The molecule has 2 rings (SSSR count). The van der Waals surface area contributed by atoms with Gasteiger partial charge in [0.2, 0.25) is 0 Å². The lowest BCUT2D eigenvalue weighted by molar-refractivity contribution is -0.137. The molecule has 0 aliphatic carbocycles. The molecule has 2 nitrogen and oxygen atoms in total. The van der Waals surface area contributed by atoms with Crippen LogP contribution in [0.2, 0.25) is 5.02 Å². The van der Waals surface area contributed by atoms with E-state index >= 15 is 0 Å².